The minimum Gasteiger partial charge on any atom is -0.343 e. The first-order valence-corrected chi connectivity index (χ1v) is 7.63. The van der Waals surface area contributed by atoms with E-state index in [0.29, 0.717) is 17.9 Å². The van der Waals surface area contributed by atoms with Gasteiger partial charge in [-0.2, -0.15) is 0 Å². The van der Waals surface area contributed by atoms with E-state index in [0.717, 1.165) is 45.3 Å². The zero-order valence-corrected chi connectivity index (χ0v) is 12.7. The first-order chi connectivity index (χ1) is 9.06. The molecule has 0 N–H and O–H groups in total. The number of piperidine rings is 2. The summed E-state index contributed by atoms with van der Waals surface area (Å²) in [7, 11) is 0. The third-order valence-electron chi connectivity index (χ3n) is 3.79. The summed E-state index contributed by atoms with van der Waals surface area (Å²) in [6.07, 6.45) is 6.09. The normalized spacial score (nSPS) is 20.4. The maximum absolute atomic E-state index is 11.2. The third kappa shape index (κ3) is 5.21. The van der Waals surface area contributed by atoms with Gasteiger partial charge >= 0.3 is 0 Å². The molecule has 0 aliphatic carbocycles. The molecule has 0 aromatic heterocycles. The molecule has 2 saturated heterocycles. The van der Waals surface area contributed by atoms with Crippen molar-refractivity contribution in [2.24, 2.45) is 0 Å². The van der Waals surface area contributed by atoms with Gasteiger partial charge in [0.25, 0.3) is 0 Å². The van der Waals surface area contributed by atoms with Crippen LogP contribution >= 0.6 is 0 Å². The van der Waals surface area contributed by atoms with E-state index in [2.05, 4.69) is 13.8 Å². The van der Waals surface area contributed by atoms with Gasteiger partial charge in [-0.1, -0.05) is 0 Å². The maximum Gasteiger partial charge on any atom is 0.222 e. The van der Waals surface area contributed by atoms with Crippen LogP contribution in [0.5, 0.6) is 0 Å². The molecule has 0 spiro atoms. The van der Waals surface area contributed by atoms with Gasteiger partial charge < -0.3 is 9.80 Å². The number of nitrogens with zero attached hydrogens (tertiary/aromatic N) is 2. The minimum atomic E-state index is 0.334. The largest absolute Gasteiger partial charge is 0.343 e. The van der Waals surface area contributed by atoms with Gasteiger partial charge in [0.05, 0.1) is 0 Å². The molecule has 2 rings (SSSR count). The summed E-state index contributed by atoms with van der Waals surface area (Å²) >= 11 is 0. The van der Waals surface area contributed by atoms with E-state index in [-0.39, 0.29) is 0 Å². The molecule has 2 heterocycles. The standard InChI is InChI=1S/C8H15NO.C7H13NO/c1-7(2)9-6-4-3-5-8(9)10;1-2-8-6-4-3-5-7(8)9/h7H,3-6H2,1-2H3;2-6H2,1H3. The molecule has 0 aromatic rings. The van der Waals surface area contributed by atoms with E-state index < -0.39 is 0 Å². The second-order valence-electron chi connectivity index (χ2n) is 5.57. The van der Waals surface area contributed by atoms with Crippen molar-refractivity contribution in [3.05, 3.63) is 0 Å². The molecule has 0 radical (unpaired) electrons. The van der Waals surface area contributed by atoms with Crippen molar-refractivity contribution in [1.29, 1.82) is 0 Å². The van der Waals surface area contributed by atoms with Crippen LogP contribution in [0, 0.1) is 0 Å². The summed E-state index contributed by atoms with van der Waals surface area (Å²) in [6, 6.07) is 0.396. The van der Waals surface area contributed by atoms with Gasteiger partial charge in [0, 0.05) is 38.5 Å². The van der Waals surface area contributed by atoms with Crippen LogP contribution in [-0.2, 0) is 9.59 Å². The highest BCUT2D eigenvalue weighted by Crippen LogP contribution is 2.12. The topological polar surface area (TPSA) is 40.6 Å². The average molecular weight is 268 g/mol. The van der Waals surface area contributed by atoms with Gasteiger partial charge in [-0.3, -0.25) is 9.59 Å². The van der Waals surface area contributed by atoms with Crippen molar-refractivity contribution < 1.29 is 9.59 Å². The second kappa shape index (κ2) is 8.18. The lowest BCUT2D eigenvalue weighted by atomic mass is 10.1. The summed E-state index contributed by atoms with van der Waals surface area (Å²) in [4.78, 5) is 26.0. The van der Waals surface area contributed by atoms with Crippen molar-refractivity contribution in [3.63, 3.8) is 0 Å². The molecule has 0 saturated carbocycles. The molecule has 0 atom stereocenters. The van der Waals surface area contributed by atoms with E-state index in [4.69, 9.17) is 0 Å². The molecule has 4 nitrogen and oxygen atoms in total. The van der Waals surface area contributed by atoms with Crippen molar-refractivity contribution >= 4 is 11.8 Å². The summed E-state index contributed by atoms with van der Waals surface area (Å²) < 4.78 is 0. The fraction of sp³-hybridized carbons (Fsp3) is 0.867. The molecule has 2 aliphatic rings. The van der Waals surface area contributed by atoms with E-state index in [1.807, 2.05) is 16.7 Å². The van der Waals surface area contributed by atoms with Crippen molar-refractivity contribution in [3.8, 4) is 0 Å². The Kier molecular flexibility index (Phi) is 6.89. The first kappa shape index (κ1) is 16.0. The lowest BCUT2D eigenvalue weighted by Crippen LogP contribution is -2.40. The van der Waals surface area contributed by atoms with Crippen molar-refractivity contribution in [2.45, 2.75) is 65.3 Å². The van der Waals surface area contributed by atoms with Gasteiger partial charge in [-0.05, 0) is 46.5 Å². The maximum atomic E-state index is 11.2. The number of carbonyl (C=O) groups is 2. The summed E-state index contributed by atoms with van der Waals surface area (Å²) in [5.74, 6) is 0.671. The van der Waals surface area contributed by atoms with Gasteiger partial charge in [0.2, 0.25) is 11.8 Å². The predicted octanol–water partition coefficient (Wildman–Crippen LogP) is 2.43. The summed E-state index contributed by atoms with van der Waals surface area (Å²) in [5, 5.41) is 0. The molecular formula is C15H28N2O2. The van der Waals surface area contributed by atoms with Gasteiger partial charge in [-0.15, -0.1) is 0 Å². The second-order valence-corrected chi connectivity index (χ2v) is 5.57. The Morgan fingerprint density at radius 2 is 1.53 bits per heavy atom. The Labute approximate surface area is 117 Å². The summed E-state index contributed by atoms with van der Waals surface area (Å²) in [5.41, 5.74) is 0. The predicted molar refractivity (Wildman–Crippen MR) is 76.8 cm³/mol. The van der Waals surface area contributed by atoms with Crippen LogP contribution in [0.3, 0.4) is 0 Å². The smallest absolute Gasteiger partial charge is 0.222 e. The van der Waals surface area contributed by atoms with Crippen LogP contribution in [0.25, 0.3) is 0 Å². The average Bonchev–Trinajstić information content (AvgIpc) is 2.40. The number of hydrogen-bond donors (Lipinski definition) is 0. The Bertz CT molecular complexity index is 303. The molecule has 0 aromatic carbocycles. The van der Waals surface area contributed by atoms with Gasteiger partial charge in [-0.25, -0.2) is 0 Å². The Balaban J connectivity index is 0.000000191. The molecule has 4 heteroatoms. The van der Waals surface area contributed by atoms with E-state index in [9.17, 15) is 9.59 Å². The fourth-order valence-corrected chi connectivity index (χ4v) is 2.57. The number of amides is 2. The van der Waals surface area contributed by atoms with E-state index in [1.165, 1.54) is 12.8 Å². The van der Waals surface area contributed by atoms with Crippen LogP contribution < -0.4 is 0 Å². The van der Waals surface area contributed by atoms with Crippen LogP contribution in [0.4, 0.5) is 0 Å². The van der Waals surface area contributed by atoms with Crippen LogP contribution in [0.1, 0.15) is 59.3 Å². The van der Waals surface area contributed by atoms with E-state index in [1.54, 1.807) is 0 Å². The lowest BCUT2D eigenvalue weighted by molar-refractivity contribution is -0.135. The molecule has 2 aliphatic heterocycles. The van der Waals surface area contributed by atoms with Crippen molar-refractivity contribution in [1.82, 2.24) is 9.80 Å². The molecular weight excluding hydrogens is 240 g/mol. The molecule has 0 unspecified atom stereocenters. The minimum absolute atomic E-state index is 0.334. The number of carbonyl (C=O) groups excluding carboxylic acids is 2. The van der Waals surface area contributed by atoms with Gasteiger partial charge in [0.1, 0.15) is 0 Å². The molecule has 2 fully saturated rings. The van der Waals surface area contributed by atoms with E-state index >= 15 is 0 Å². The highest BCUT2D eigenvalue weighted by Gasteiger charge is 2.19. The highest BCUT2D eigenvalue weighted by atomic mass is 16.2. The number of likely N-dealkylation sites (tertiary alicyclic amines) is 2. The Morgan fingerprint density at radius 1 is 0.947 bits per heavy atom. The van der Waals surface area contributed by atoms with Crippen LogP contribution in [0.15, 0.2) is 0 Å². The SMILES string of the molecule is CC(C)N1CCCCC1=O.CCN1CCCCC1=O. The Hall–Kier alpha value is -1.06. The quantitative estimate of drug-likeness (QED) is 0.771. The molecule has 0 bridgehead atoms. The first-order valence-electron chi connectivity index (χ1n) is 7.63. The van der Waals surface area contributed by atoms with Crippen molar-refractivity contribution in [2.75, 3.05) is 19.6 Å². The van der Waals surface area contributed by atoms with Gasteiger partial charge in [0.15, 0.2) is 0 Å². The lowest BCUT2D eigenvalue weighted by Gasteiger charge is -2.30. The third-order valence-corrected chi connectivity index (χ3v) is 3.79. The van der Waals surface area contributed by atoms with Crippen LogP contribution in [-0.4, -0.2) is 47.3 Å². The highest BCUT2D eigenvalue weighted by molar-refractivity contribution is 5.77. The number of rotatable bonds is 2. The zero-order chi connectivity index (χ0) is 14.3. The molecule has 2 amide bonds. The van der Waals surface area contributed by atoms with Crippen LogP contribution in [0.2, 0.25) is 0 Å². The summed E-state index contributed by atoms with van der Waals surface area (Å²) in [6.45, 7) is 9.01. The zero-order valence-electron chi connectivity index (χ0n) is 12.7. The number of hydrogen-bond acceptors (Lipinski definition) is 2. The molecule has 110 valence electrons. The monoisotopic (exact) mass is 268 g/mol. The fourth-order valence-electron chi connectivity index (χ4n) is 2.57. The Morgan fingerprint density at radius 3 is 1.89 bits per heavy atom. The molecule has 19 heavy (non-hydrogen) atoms.